The van der Waals surface area contributed by atoms with Crippen LogP contribution in [0.5, 0.6) is 0 Å². The first-order chi connectivity index (χ1) is 7.13. The lowest BCUT2D eigenvalue weighted by molar-refractivity contribution is 0.666. The third kappa shape index (κ3) is 1.79. The average Bonchev–Trinajstić information content (AvgIpc) is 2.88. The molecule has 0 atom stereocenters. The molecule has 0 bridgehead atoms. The zero-order valence-electron chi connectivity index (χ0n) is 8.61. The summed E-state index contributed by atoms with van der Waals surface area (Å²) in [7, 11) is 0. The van der Waals surface area contributed by atoms with E-state index in [1.165, 1.54) is 0 Å². The molecular weight excluding hydrogens is 206 g/mol. The van der Waals surface area contributed by atoms with E-state index in [9.17, 15) is 0 Å². The maximum absolute atomic E-state index is 8.99. The van der Waals surface area contributed by atoms with Crippen molar-refractivity contribution in [1.82, 2.24) is 9.97 Å². The van der Waals surface area contributed by atoms with Crippen molar-refractivity contribution in [3.8, 4) is 16.8 Å². The molecule has 2 heterocycles. The Balaban J connectivity index is 2.38. The number of nitrogens with zero attached hydrogens (tertiary/aromatic N) is 2. The Morgan fingerprint density at radius 2 is 2.33 bits per heavy atom. The number of rotatable bonds is 2. The van der Waals surface area contributed by atoms with Crippen LogP contribution in [0.25, 0.3) is 10.7 Å². The van der Waals surface area contributed by atoms with Gasteiger partial charge in [0.25, 0.3) is 0 Å². The van der Waals surface area contributed by atoms with Crippen molar-refractivity contribution in [2.45, 2.75) is 19.3 Å². The molecule has 1 N–H and O–H groups in total. The summed E-state index contributed by atoms with van der Waals surface area (Å²) in [5.41, 5.74) is 1.32. The molecule has 76 valence electrons. The largest absolute Gasteiger partial charge is 0.359 e. The van der Waals surface area contributed by atoms with Crippen LogP contribution in [0.15, 0.2) is 23.7 Å². The second kappa shape index (κ2) is 3.52. The Bertz CT molecular complexity index is 488. The molecule has 0 saturated carbocycles. The maximum Gasteiger partial charge on any atom is 0.139 e. The summed E-state index contributed by atoms with van der Waals surface area (Å²) in [4.78, 5) is 7.56. The summed E-state index contributed by atoms with van der Waals surface area (Å²) in [6, 6.07) is 6.16. The highest BCUT2D eigenvalue weighted by Crippen LogP contribution is 2.28. The van der Waals surface area contributed by atoms with Crippen LogP contribution < -0.4 is 0 Å². The molecule has 2 rings (SSSR count). The molecule has 0 aliphatic heterocycles. The van der Waals surface area contributed by atoms with E-state index >= 15 is 0 Å². The fraction of sp³-hybridized carbons (Fsp3) is 0.273. The third-order valence-electron chi connectivity index (χ3n) is 2.25. The minimum Gasteiger partial charge on any atom is -0.359 e. The lowest BCUT2D eigenvalue weighted by Crippen LogP contribution is -2.14. The lowest BCUT2D eigenvalue weighted by atomic mass is 9.92. The lowest BCUT2D eigenvalue weighted by Gasteiger charge is -2.10. The number of aromatic nitrogens is 2. The number of H-pyrrole nitrogens is 1. The molecule has 0 amide bonds. The number of thiazole rings is 1. The van der Waals surface area contributed by atoms with Gasteiger partial charge in [-0.2, -0.15) is 5.26 Å². The van der Waals surface area contributed by atoms with E-state index in [-0.39, 0.29) is 0 Å². The second-order valence-electron chi connectivity index (χ2n) is 3.86. The Morgan fingerprint density at radius 1 is 1.53 bits per heavy atom. The van der Waals surface area contributed by atoms with Crippen LogP contribution in [0.2, 0.25) is 0 Å². The van der Waals surface area contributed by atoms with Crippen LogP contribution in [0.3, 0.4) is 0 Å². The Morgan fingerprint density at radius 3 is 2.93 bits per heavy atom. The van der Waals surface area contributed by atoms with Crippen LogP contribution in [-0.2, 0) is 5.41 Å². The first-order valence-electron chi connectivity index (χ1n) is 4.64. The van der Waals surface area contributed by atoms with Crippen molar-refractivity contribution >= 4 is 11.3 Å². The van der Waals surface area contributed by atoms with Crippen molar-refractivity contribution in [1.29, 1.82) is 5.26 Å². The smallest absolute Gasteiger partial charge is 0.139 e. The van der Waals surface area contributed by atoms with Gasteiger partial charge in [-0.05, 0) is 26.0 Å². The number of nitriles is 1. The number of hydrogen-bond acceptors (Lipinski definition) is 3. The van der Waals surface area contributed by atoms with Gasteiger partial charge in [-0.1, -0.05) is 0 Å². The monoisotopic (exact) mass is 217 g/mol. The van der Waals surface area contributed by atoms with Gasteiger partial charge in [0.05, 0.1) is 22.9 Å². The van der Waals surface area contributed by atoms with Crippen molar-refractivity contribution < 1.29 is 0 Å². The van der Waals surface area contributed by atoms with Gasteiger partial charge >= 0.3 is 0 Å². The molecule has 0 aliphatic carbocycles. The number of aromatic amines is 1. The molecule has 4 heteroatoms. The van der Waals surface area contributed by atoms with Crippen molar-refractivity contribution in [2.75, 3.05) is 0 Å². The van der Waals surface area contributed by atoms with E-state index in [2.05, 4.69) is 16.0 Å². The summed E-state index contributed by atoms with van der Waals surface area (Å²) in [6.45, 7) is 3.75. The molecule has 0 unspecified atom stereocenters. The molecule has 0 spiro atoms. The van der Waals surface area contributed by atoms with E-state index in [1.54, 1.807) is 11.3 Å². The summed E-state index contributed by atoms with van der Waals surface area (Å²) >= 11 is 1.56. The quantitative estimate of drug-likeness (QED) is 0.840. The summed E-state index contributed by atoms with van der Waals surface area (Å²) in [6.07, 6.45) is 1.87. The van der Waals surface area contributed by atoms with E-state index in [0.29, 0.717) is 0 Å². The van der Waals surface area contributed by atoms with Gasteiger partial charge in [0.2, 0.25) is 0 Å². The van der Waals surface area contributed by atoms with Gasteiger partial charge in [-0.15, -0.1) is 11.3 Å². The standard InChI is InChI=1S/C11H11N3S/c1-11(2,7-12)9-6-15-10(14-9)8-4-3-5-13-8/h3-6,13H,1-2H3. The highest BCUT2D eigenvalue weighted by Gasteiger charge is 2.23. The molecule has 2 aromatic rings. The Kier molecular flexibility index (Phi) is 2.33. The van der Waals surface area contributed by atoms with Gasteiger partial charge in [-0.3, -0.25) is 0 Å². The Hall–Kier alpha value is -1.60. The van der Waals surface area contributed by atoms with E-state index in [0.717, 1.165) is 16.4 Å². The molecule has 2 aromatic heterocycles. The van der Waals surface area contributed by atoms with Crippen LogP contribution in [0.1, 0.15) is 19.5 Å². The molecule has 0 radical (unpaired) electrons. The summed E-state index contributed by atoms with van der Waals surface area (Å²) in [5, 5.41) is 11.9. The van der Waals surface area contributed by atoms with Crippen molar-refractivity contribution in [3.05, 3.63) is 29.4 Å². The topological polar surface area (TPSA) is 52.5 Å². The molecular formula is C11H11N3S. The first kappa shape index (κ1) is 9.94. The fourth-order valence-electron chi connectivity index (χ4n) is 1.21. The third-order valence-corrected chi connectivity index (χ3v) is 3.13. The van der Waals surface area contributed by atoms with Gasteiger partial charge in [-0.25, -0.2) is 4.98 Å². The van der Waals surface area contributed by atoms with Gasteiger partial charge < -0.3 is 4.98 Å². The normalized spacial score (nSPS) is 11.3. The van der Waals surface area contributed by atoms with Gasteiger partial charge in [0.15, 0.2) is 0 Å². The zero-order chi connectivity index (χ0) is 10.9. The molecule has 0 aromatic carbocycles. The molecule has 0 fully saturated rings. The van der Waals surface area contributed by atoms with Crippen LogP contribution in [0, 0.1) is 11.3 Å². The second-order valence-corrected chi connectivity index (χ2v) is 4.72. The predicted molar refractivity (Wildman–Crippen MR) is 60.5 cm³/mol. The minimum atomic E-state index is -0.513. The summed E-state index contributed by atoms with van der Waals surface area (Å²) < 4.78 is 0. The van der Waals surface area contributed by atoms with Gasteiger partial charge in [0, 0.05) is 11.6 Å². The first-order valence-corrected chi connectivity index (χ1v) is 5.52. The molecule has 3 nitrogen and oxygen atoms in total. The van der Waals surface area contributed by atoms with E-state index in [1.807, 2.05) is 37.6 Å². The highest BCUT2D eigenvalue weighted by molar-refractivity contribution is 7.13. The van der Waals surface area contributed by atoms with Crippen molar-refractivity contribution in [3.63, 3.8) is 0 Å². The summed E-state index contributed by atoms with van der Waals surface area (Å²) in [5.74, 6) is 0. The van der Waals surface area contributed by atoms with Gasteiger partial charge in [0.1, 0.15) is 5.01 Å². The minimum absolute atomic E-state index is 0.513. The van der Waals surface area contributed by atoms with E-state index in [4.69, 9.17) is 5.26 Å². The zero-order valence-corrected chi connectivity index (χ0v) is 9.43. The molecule has 0 aliphatic rings. The SMILES string of the molecule is CC(C)(C#N)c1csc(-c2ccc[nH]2)n1. The maximum atomic E-state index is 8.99. The molecule has 0 saturated heterocycles. The van der Waals surface area contributed by atoms with Crippen LogP contribution in [-0.4, -0.2) is 9.97 Å². The number of hydrogen-bond donors (Lipinski definition) is 1. The highest BCUT2D eigenvalue weighted by atomic mass is 32.1. The van der Waals surface area contributed by atoms with Crippen molar-refractivity contribution in [2.24, 2.45) is 0 Å². The average molecular weight is 217 g/mol. The van der Waals surface area contributed by atoms with Crippen LogP contribution in [0.4, 0.5) is 0 Å². The van der Waals surface area contributed by atoms with Crippen LogP contribution >= 0.6 is 11.3 Å². The number of nitrogens with one attached hydrogen (secondary N) is 1. The Labute approximate surface area is 92.4 Å². The van der Waals surface area contributed by atoms with E-state index < -0.39 is 5.41 Å². The molecule has 15 heavy (non-hydrogen) atoms. The predicted octanol–water partition coefficient (Wildman–Crippen LogP) is 2.94. The fourth-order valence-corrected chi connectivity index (χ4v) is 2.18.